The highest BCUT2D eigenvalue weighted by atomic mass is 16.5. The first-order chi connectivity index (χ1) is 11.6. The first-order valence-corrected chi connectivity index (χ1v) is 7.94. The van der Waals surface area contributed by atoms with Gasteiger partial charge in [0.2, 0.25) is 0 Å². The van der Waals surface area contributed by atoms with Gasteiger partial charge in [-0.05, 0) is 56.7 Å². The van der Waals surface area contributed by atoms with Crippen molar-refractivity contribution >= 4 is 11.6 Å². The summed E-state index contributed by atoms with van der Waals surface area (Å²) in [4.78, 5) is 12.5. The van der Waals surface area contributed by atoms with Gasteiger partial charge in [0.1, 0.15) is 5.75 Å². The Labute approximate surface area is 142 Å². The summed E-state index contributed by atoms with van der Waals surface area (Å²) in [5, 5.41) is 2.88. The summed E-state index contributed by atoms with van der Waals surface area (Å²) in [6.07, 6.45) is 0. The molecule has 5 heteroatoms. The van der Waals surface area contributed by atoms with Crippen molar-refractivity contribution in [3.8, 4) is 17.2 Å². The van der Waals surface area contributed by atoms with E-state index in [1.54, 1.807) is 25.3 Å². The summed E-state index contributed by atoms with van der Waals surface area (Å²) in [7, 11) is 1.55. The molecule has 5 nitrogen and oxygen atoms in total. The highest BCUT2D eigenvalue weighted by Crippen LogP contribution is 2.30. The summed E-state index contributed by atoms with van der Waals surface area (Å²) in [6.45, 7) is 6.84. The summed E-state index contributed by atoms with van der Waals surface area (Å²) < 4.78 is 16.3. The van der Waals surface area contributed by atoms with E-state index in [0.717, 1.165) is 5.56 Å². The summed E-state index contributed by atoms with van der Waals surface area (Å²) >= 11 is 0. The molecule has 0 spiro atoms. The van der Waals surface area contributed by atoms with E-state index in [0.29, 0.717) is 41.7 Å². The van der Waals surface area contributed by atoms with Gasteiger partial charge in [0.25, 0.3) is 5.91 Å². The van der Waals surface area contributed by atoms with E-state index >= 15 is 0 Å². The zero-order valence-electron chi connectivity index (χ0n) is 14.5. The van der Waals surface area contributed by atoms with Crippen LogP contribution in [0.5, 0.6) is 17.2 Å². The molecule has 1 N–H and O–H groups in total. The van der Waals surface area contributed by atoms with Gasteiger partial charge >= 0.3 is 0 Å². The molecule has 0 aliphatic heterocycles. The van der Waals surface area contributed by atoms with Gasteiger partial charge in [-0.2, -0.15) is 0 Å². The smallest absolute Gasteiger partial charge is 0.255 e. The minimum atomic E-state index is -0.235. The van der Waals surface area contributed by atoms with E-state index in [1.807, 2.05) is 39.0 Å². The van der Waals surface area contributed by atoms with Crippen molar-refractivity contribution < 1.29 is 19.0 Å². The van der Waals surface area contributed by atoms with Crippen LogP contribution in [0.3, 0.4) is 0 Å². The lowest BCUT2D eigenvalue weighted by Gasteiger charge is -2.14. The second-order valence-corrected chi connectivity index (χ2v) is 5.19. The first kappa shape index (κ1) is 17.7. The third kappa shape index (κ3) is 4.19. The topological polar surface area (TPSA) is 56.8 Å². The first-order valence-electron chi connectivity index (χ1n) is 7.94. The molecular formula is C19H23NO4. The predicted molar refractivity (Wildman–Crippen MR) is 94.5 cm³/mol. The number of nitrogens with one attached hydrogen (secondary N) is 1. The number of carbonyl (C=O) groups is 1. The van der Waals surface area contributed by atoms with Crippen molar-refractivity contribution in [3.05, 3.63) is 47.5 Å². The molecule has 2 aromatic carbocycles. The van der Waals surface area contributed by atoms with Crippen LogP contribution >= 0.6 is 0 Å². The highest BCUT2D eigenvalue weighted by Gasteiger charge is 2.13. The third-order valence-corrected chi connectivity index (χ3v) is 3.41. The zero-order chi connectivity index (χ0) is 17.5. The monoisotopic (exact) mass is 329 g/mol. The van der Waals surface area contributed by atoms with Gasteiger partial charge in [-0.25, -0.2) is 0 Å². The summed E-state index contributed by atoms with van der Waals surface area (Å²) in [5.41, 5.74) is 2.19. The molecule has 0 fully saturated rings. The van der Waals surface area contributed by atoms with Gasteiger partial charge in [-0.3, -0.25) is 4.79 Å². The Balaban J connectivity index is 2.24. The van der Waals surface area contributed by atoms with Gasteiger partial charge < -0.3 is 19.5 Å². The number of amides is 1. The van der Waals surface area contributed by atoms with Crippen molar-refractivity contribution in [1.82, 2.24) is 0 Å². The molecule has 128 valence electrons. The molecule has 0 saturated carbocycles. The molecule has 0 radical (unpaired) electrons. The Morgan fingerprint density at radius 3 is 2.33 bits per heavy atom. The standard InChI is InChI=1S/C19H23NO4/c1-5-23-16-10-8-14(12-18(16)22-4)19(21)20-15-9-7-13(3)11-17(15)24-6-2/h7-12H,5-6H2,1-4H3,(H,20,21). The second-order valence-electron chi connectivity index (χ2n) is 5.19. The molecule has 0 aliphatic rings. The lowest BCUT2D eigenvalue weighted by molar-refractivity contribution is 0.102. The van der Waals surface area contributed by atoms with Gasteiger partial charge in [0.05, 0.1) is 26.0 Å². The number of methoxy groups -OCH3 is 1. The molecule has 24 heavy (non-hydrogen) atoms. The van der Waals surface area contributed by atoms with Crippen LogP contribution in [0.25, 0.3) is 0 Å². The number of anilines is 1. The maximum absolute atomic E-state index is 12.5. The molecule has 0 atom stereocenters. The van der Waals surface area contributed by atoms with Gasteiger partial charge in [0.15, 0.2) is 11.5 Å². The van der Waals surface area contributed by atoms with Crippen LogP contribution in [0.15, 0.2) is 36.4 Å². The van der Waals surface area contributed by atoms with Crippen molar-refractivity contribution in [1.29, 1.82) is 0 Å². The fraction of sp³-hybridized carbons (Fsp3) is 0.316. The molecule has 0 aliphatic carbocycles. The fourth-order valence-electron chi connectivity index (χ4n) is 2.29. The average molecular weight is 329 g/mol. The Morgan fingerprint density at radius 1 is 0.958 bits per heavy atom. The van der Waals surface area contributed by atoms with E-state index in [4.69, 9.17) is 14.2 Å². The number of carbonyl (C=O) groups excluding carboxylic acids is 1. The van der Waals surface area contributed by atoms with Crippen molar-refractivity contribution in [2.24, 2.45) is 0 Å². The fourth-order valence-corrected chi connectivity index (χ4v) is 2.29. The number of rotatable bonds is 7. The van der Waals surface area contributed by atoms with Crippen LogP contribution < -0.4 is 19.5 Å². The van der Waals surface area contributed by atoms with E-state index < -0.39 is 0 Å². The number of benzene rings is 2. The Bertz CT molecular complexity index is 713. The third-order valence-electron chi connectivity index (χ3n) is 3.41. The number of aryl methyl sites for hydroxylation is 1. The molecular weight excluding hydrogens is 306 g/mol. The molecule has 2 aromatic rings. The zero-order valence-corrected chi connectivity index (χ0v) is 14.5. The number of ether oxygens (including phenoxy) is 3. The maximum Gasteiger partial charge on any atom is 0.255 e. The predicted octanol–water partition coefficient (Wildman–Crippen LogP) is 4.05. The van der Waals surface area contributed by atoms with Crippen LogP contribution in [0.1, 0.15) is 29.8 Å². The Morgan fingerprint density at radius 2 is 1.67 bits per heavy atom. The minimum Gasteiger partial charge on any atom is -0.493 e. The normalized spacial score (nSPS) is 10.2. The van der Waals surface area contributed by atoms with Gasteiger partial charge in [-0.15, -0.1) is 0 Å². The largest absolute Gasteiger partial charge is 0.493 e. The van der Waals surface area contributed by atoms with Crippen LogP contribution in [-0.4, -0.2) is 26.2 Å². The van der Waals surface area contributed by atoms with Crippen LogP contribution in [0.4, 0.5) is 5.69 Å². The highest BCUT2D eigenvalue weighted by molar-refractivity contribution is 6.05. The molecule has 0 saturated heterocycles. The molecule has 0 heterocycles. The van der Waals surface area contributed by atoms with Crippen molar-refractivity contribution in [3.63, 3.8) is 0 Å². The van der Waals surface area contributed by atoms with Gasteiger partial charge in [-0.1, -0.05) is 6.07 Å². The Kier molecular flexibility index (Phi) is 6.07. The Hall–Kier alpha value is -2.69. The lowest BCUT2D eigenvalue weighted by atomic mass is 10.1. The maximum atomic E-state index is 12.5. The minimum absolute atomic E-state index is 0.235. The summed E-state index contributed by atoms with van der Waals surface area (Å²) in [5.74, 6) is 1.56. The molecule has 0 bridgehead atoms. The molecule has 0 unspecified atom stereocenters. The van der Waals surface area contributed by atoms with Crippen molar-refractivity contribution in [2.45, 2.75) is 20.8 Å². The van der Waals surface area contributed by atoms with E-state index in [1.165, 1.54) is 0 Å². The van der Waals surface area contributed by atoms with Crippen LogP contribution in [0.2, 0.25) is 0 Å². The van der Waals surface area contributed by atoms with Crippen molar-refractivity contribution in [2.75, 3.05) is 25.6 Å². The van der Waals surface area contributed by atoms with E-state index in [2.05, 4.69) is 5.32 Å². The molecule has 0 aromatic heterocycles. The SMILES string of the molecule is CCOc1cc(C)ccc1NC(=O)c1ccc(OCC)c(OC)c1. The second kappa shape index (κ2) is 8.24. The number of hydrogen-bond acceptors (Lipinski definition) is 4. The van der Waals surface area contributed by atoms with Gasteiger partial charge in [0, 0.05) is 5.56 Å². The van der Waals surface area contributed by atoms with Crippen LogP contribution in [-0.2, 0) is 0 Å². The average Bonchev–Trinajstić information content (AvgIpc) is 2.58. The van der Waals surface area contributed by atoms with E-state index in [9.17, 15) is 4.79 Å². The summed E-state index contributed by atoms with van der Waals surface area (Å²) in [6, 6.07) is 10.8. The lowest BCUT2D eigenvalue weighted by Crippen LogP contribution is -2.13. The molecule has 1 amide bonds. The molecule has 2 rings (SSSR count). The quantitative estimate of drug-likeness (QED) is 0.832. The van der Waals surface area contributed by atoms with E-state index in [-0.39, 0.29) is 5.91 Å². The number of hydrogen-bond donors (Lipinski definition) is 1. The van der Waals surface area contributed by atoms with Crippen LogP contribution in [0, 0.1) is 6.92 Å².